The van der Waals surface area contributed by atoms with Gasteiger partial charge < -0.3 is 26.0 Å². The SMILES string of the molecule is COc1nc(-c2cc(F)cc(-c3cccc(-c4ccn5c(=O)c(CNCC6CCC(=O)N6)cnc5c4)c3C)c2Cl)ccc1CNCC1CCC(=O)N1. The Kier molecular flexibility index (Phi) is 10.3. The number of hydrogen-bond acceptors (Lipinski definition) is 8. The predicted octanol–water partition coefficient (Wildman–Crippen LogP) is 4.94. The smallest absolute Gasteiger partial charge is 0.262 e. The molecule has 2 unspecified atom stereocenters. The average molecular weight is 724 g/mol. The molecule has 5 aromatic rings. The summed E-state index contributed by atoms with van der Waals surface area (Å²) < 4.78 is 22.5. The van der Waals surface area contributed by atoms with Crippen LogP contribution in [0.1, 0.15) is 42.4 Å². The zero-order valence-electron chi connectivity index (χ0n) is 28.9. The van der Waals surface area contributed by atoms with Gasteiger partial charge in [-0.05, 0) is 72.4 Å². The van der Waals surface area contributed by atoms with Gasteiger partial charge in [0.25, 0.3) is 5.56 Å². The second kappa shape index (κ2) is 15.2. The van der Waals surface area contributed by atoms with Crippen LogP contribution >= 0.6 is 11.6 Å². The number of halogens is 2. The highest BCUT2D eigenvalue weighted by Crippen LogP contribution is 2.41. The molecule has 268 valence electrons. The van der Waals surface area contributed by atoms with E-state index in [1.54, 1.807) is 18.5 Å². The third-order valence-corrected chi connectivity index (χ3v) is 10.2. The first-order valence-corrected chi connectivity index (χ1v) is 17.7. The van der Waals surface area contributed by atoms with E-state index in [-0.39, 0.29) is 29.5 Å². The molecule has 13 heteroatoms. The summed E-state index contributed by atoms with van der Waals surface area (Å²) in [5.41, 5.74) is 6.44. The molecular formula is C39H39ClFN7O4. The summed E-state index contributed by atoms with van der Waals surface area (Å²) in [6, 6.07) is 16.1. The fraction of sp³-hybridized carbons (Fsp3) is 0.308. The van der Waals surface area contributed by atoms with Gasteiger partial charge in [0.1, 0.15) is 11.5 Å². The summed E-state index contributed by atoms with van der Waals surface area (Å²) in [6.07, 6.45) is 5.95. The first-order valence-electron chi connectivity index (χ1n) is 17.3. The second-order valence-corrected chi connectivity index (χ2v) is 13.6. The van der Waals surface area contributed by atoms with Gasteiger partial charge in [0.2, 0.25) is 17.7 Å². The molecule has 2 aliphatic rings. The first kappa shape index (κ1) is 35.2. The number of ether oxygens (including phenoxy) is 1. The van der Waals surface area contributed by atoms with Crippen molar-refractivity contribution in [2.24, 2.45) is 0 Å². The Morgan fingerprint density at radius 3 is 2.23 bits per heavy atom. The second-order valence-electron chi connectivity index (χ2n) is 13.3. The van der Waals surface area contributed by atoms with Crippen molar-refractivity contribution in [2.45, 2.75) is 57.8 Å². The Hall–Kier alpha value is -5.17. The van der Waals surface area contributed by atoms with Gasteiger partial charge in [-0.15, -0.1) is 0 Å². The van der Waals surface area contributed by atoms with Crippen molar-refractivity contribution in [3.63, 3.8) is 0 Å². The Bertz CT molecular complexity index is 2240. The molecule has 52 heavy (non-hydrogen) atoms. The molecule has 11 nitrogen and oxygen atoms in total. The van der Waals surface area contributed by atoms with E-state index in [2.05, 4.69) is 26.3 Å². The number of rotatable bonds is 12. The number of amides is 2. The predicted molar refractivity (Wildman–Crippen MR) is 198 cm³/mol. The topological polar surface area (TPSA) is 139 Å². The van der Waals surface area contributed by atoms with Crippen LogP contribution in [0.5, 0.6) is 5.88 Å². The minimum Gasteiger partial charge on any atom is -0.481 e. The number of carbonyl (C=O) groups excluding carboxylic acids is 2. The Labute approximate surface area is 305 Å². The van der Waals surface area contributed by atoms with Crippen LogP contribution in [-0.4, -0.2) is 58.5 Å². The number of benzene rings is 2. The van der Waals surface area contributed by atoms with Crippen molar-refractivity contribution in [2.75, 3.05) is 20.2 Å². The fourth-order valence-corrected chi connectivity index (χ4v) is 7.27. The van der Waals surface area contributed by atoms with E-state index in [9.17, 15) is 14.4 Å². The molecule has 7 rings (SSSR count). The highest BCUT2D eigenvalue weighted by atomic mass is 35.5. The molecule has 2 saturated heterocycles. The van der Waals surface area contributed by atoms with Gasteiger partial charge >= 0.3 is 0 Å². The molecule has 2 fully saturated rings. The molecule has 2 atom stereocenters. The lowest BCUT2D eigenvalue weighted by atomic mass is 9.92. The lowest BCUT2D eigenvalue weighted by molar-refractivity contribution is -0.120. The highest BCUT2D eigenvalue weighted by molar-refractivity contribution is 6.36. The van der Waals surface area contributed by atoms with Crippen molar-refractivity contribution >= 4 is 29.1 Å². The molecule has 0 bridgehead atoms. The Balaban J connectivity index is 1.12. The monoisotopic (exact) mass is 723 g/mol. The van der Waals surface area contributed by atoms with E-state index < -0.39 is 5.82 Å². The molecule has 2 aliphatic heterocycles. The minimum absolute atomic E-state index is 0.0536. The highest BCUT2D eigenvalue weighted by Gasteiger charge is 2.22. The molecule has 0 radical (unpaired) electrons. The molecule has 4 N–H and O–H groups in total. The van der Waals surface area contributed by atoms with Crippen LogP contribution in [0.2, 0.25) is 5.02 Å². The lowest BCUT2D eigenvalue weighted by Crippen LogP contribution is -2.36. The summed E-state index contributed by atoms with van der Waals surface area (Å²) in [5.74, 6) is 0.0575. The standard InChI is InChI=1S/C39H39ClFN7O4/c1-22-29(23-12-13-48-34(14-23)44-19-25(39(48)51)18-43-21-28-8-11-36(50)46-28)4-3-5-30(22)31-15-26(41)16-32(37(31)40)33-9-6-24(38(47-33)52-2)17-42-20-27-7-10-35(49)45-27/h3-6,9,12-16,19,27-28,42-43H,7-8,10-11,17-18,20-21H2,1-2H3,(H,45,49)(H,46,50). The van der Waals surface area contributed by atoms with E-state index in [4.69, 9.17) is 21.3 Å². The third kappa shape index (κ3) is 7.41. The van der Waals surface area contributed by atoms with Crippen molar-refractivity contribution in [1.29, 1.82) is 0 Å². The number of methoxy groups -OCH3 is 1. The van der Waals surface area contributed by atoms with E-state index in [0.717, 1.165) is 40.7 Å². The van der Waals surface area contributed by atoms with Gasteiger partial charge in [-0.3, -0.25) is 18.8 Å². The maximum absolute atomic E-state index is 15.3. The van der Waals surface area contributed by atoms with Crippen LogP contribution in [0, 0.1) is 12.7 Å². The fourth-order valence-electron chi connectivity index (χ4n) is 6.97. The maximum Gasteiger partial charge on any atom is 0.262 e. The zero-order chi connectivity index (χ0) is 36.4. The quantitative estimate of drug-likeness (QED) is 0.142. The van der Waals surface area contributed by atoms with Gasteiger partial charge in [0.15, 0.2) is 0 Å². The Morgan fingerprint density at radius 1 is 0.885 bits per heavy atom. The number of hydrogen-bond donors (Lipinski definition) is 4. The summed E-state index contributed by atoms with van der Waals surface area (Å²) in [5, 5.41) is 12.8. The van der Waals surface area contributed by atoms with Crippen molar-refractivity contribution in [3.8, 4) is 39.4 Å². The third-order valence-electron chi connectivity index (χ3n) is 9.74. The summed E-state index contributed by atoms with van der Waals surface area (Å²) in [4.78, 5) is 45.5. The molecular weight excluding hydrogens is 685 g/mol. The van der Waals surface area contributed by atoms with Gasteiger partial charge in [-0.25, -0.2) is 14.4 Å². The molecule has 0 aliphatic carbocycles. The average Bonchev–Trinajstić information content (AvgIpc) is 3.76. The molecule has 2 amide bonds. The minimum atomic E-state index is -0.461. The van der Waals surface area contributed by atoms with E-state index in [1.165, 1.54) is 23.6 Å². The molecule has 5 heterocycles. The van der Waals surface area contributed by atoms with E-state index >= 15 is 4.39 Å². The summed E-state index contributed by atoms with van der Waals surface area (Å²) in [6.45, 7) is 3.99. The number of carbonyl (C=O) groups is 2. The van der Waals surface area contributed by atoms with Crippen molar-refractivity contribution in [1.82, 2.24) is 35.6 Å². The number of nitrogens with zero attached hydrogens (tertiary/aromatic N) is 3. The zero-order valence-corrected chi connectivity index (χ0v) is 29.6. The van der Waals surface area contributed by atoms with Crippen LogP contribution in [0.3, 0.4) is 0 Å². The van der Waals surface area contributed by atoms with Gasteiger partial charge in [-0.1, -0.05) is 35.9 Å². The van der Waals surface area contributed by atoms with Crippen LogP contribution in [0.25, 0.3) is 39.2 Å². The summed E-state index contributed by atoms with van der Waals surface area (Å²) >= 11 is 7.05. The Morgan fingerprint density at radius 2 is 1.56 bits per heavy atom. The normalized spacial score (nSPS) is 17.1. The van der Waals surface area contributed by atoms with Crippen molar-refractivity contribution in [3.05, 3.63) is 105 Å². The molecule has 2 aromatic carbocycles. The van der Waals surface area contributed by atoms with E-state index in [1.807, 2.05) is 43.3 Å². The molecule has 0 saturated carbocycles. The van der Waals surface area contributed by atoms with E-state index in [0.29, 0.717) is 78.0 Å². The van der Waals surface area contributed by atoms with Crippen LogP contribution in [0.4, 0.5) is 4.39 Å². The number of nitrogens with one attached hydrogen (secondary N) is 4. The number of pyridine rings is 2. The van der Waals surface area contributed by atoms with Crippen LogP contribution in [-0.2, 0) is 22.7 Å². The molecule has 0 spiro atoms. The van der Waals surface area contributed by atoms with Gasteiger partial charge in [0.05, 0.1) is 17.8 Å². The largest absolute Gasteiger partial charge is 0.481 e. The maximum atomic E-state index is 15.3. The van der Waals surface area contributed by atoms with Gasteiger partial charge in [0, 0.05) is 85.8 Å². The van der Waals surface area contributed by atoms with Crippen LogP contribution in [0.15, 0.2) is 71.8 Å². The summed E-state index contributed by atoms with van der Waals surface area (Å²) in [7, 11) is 1.54. The number of aromatic nitrogens is 3. The first-order chi connectivity index (χ1) is 25.2. The van der Waals surface area contributed by atoms with Gasteiger partial charge in [-0.2, -0.15) is 0 Å². The lowest BCUT2D eigenvalue weighted by Gasteiger charge is -2.17. The molecule has 3 aromatic heterocycles. The number of fused-ring (bicyclic) bond motifs is 1. The van der Waals surface area contributed by atoms with Crippen molar-refractivity contribution < 1.29 is 18.7 Å². The van der Waals surface area contributed by atoms with Crippen LogP contribution < -0.4 is 31.6 Å².